The molecule has 0 aliphatic rings. The van der Waals surface area contributed by atoms with Gasteiger partial charge in [-0.3, -0.25) is 4.79 Å². The fourth-order valence-corrected chi connectivity index (χ4v) is 3.36. The molecule has 34 heavy (non-hydrogen) atoms. The van der Waals surface area contributed by atoms with Crippen molar-refractivity contribution in [2.24, 2.45) is 0 Å². The molecule has 1 N–H and O–H groups in total. The molecule has 1 heterocycles. The highest BCUT2D eigenvalue weighted by Gasteiger charge is 2.30. The number of hydrogen-bond donors (Lipinski definition) is 1. The van der Waals surface area contributed by atoms with Crippen LogP contribution in [0.5, 0.6) is 5.75 Å². The maximum absolute atomic E-state index is 12.8. The van der Waals surface area contributed by atoms with E-state index in [9.17, 15) is 18.0 Å². The van der Waals surface area contributed by atoms with Crippen molar-refractivity contribution in [1.29, 1.82) is 0 Å². The highest BCUT2D eigenvalue weighted by molar-refractivity contribution is 5.94. The molecule has 0 fully saturated rings. The molecule has 3 aromatic carbocycles. The number of nitrogens with one attached hydrogen (secondary N) is 1. The van der Waals surface area contributed by atoms with Crippen molar-refractivity contribution >= 4 is 5.91 Å². The normalized spacial score (nSPS) is 12.2. The zero-order chi connectivity index (χ0) is 24.1. The minimum atomic E-state index is -4.48. The van der Waals surface area contributed by atoms with Crippen molar-refractivity contribution in [2.75, 3.05) is 7.11 Å². The van der Waals surface area contributed by atoms with Crippen LogP contribution in [0.1, 0.15) is 33.4 Å². The smallest absolute Gasteiger partial charge is 0.416 e. The Balaban J connectivity index is 1.60. The van der Waals surface area contributed by atoms with Crippen LogP contribution in [-0.4, -0.2) is 23.2 Å². The number of amides is 1. The molecule has 0 unspecified atom stereocenters. The second kappa shape index (κ2) is 9.78. The summed E-state index contributed by atoms with van der Waals surface area (Å²) >= 11 is 0. The lowest BCUT2D eigenvalue weighted by Gasteiger charge is -2.16. The molecule has 0 aliphatic heterocycles. The van der Waals surface area contributed by atoms with Gasteiger partial charge in [-0.05, 0) is 42.0 Å². The van der Waals surface area contributed by atoms with Crippen LogP contribution in [-0.2, 0) is 12.6 Å². The summed E-state index contributed by atoms with van der Waals surface area (Å²) in [4.78, 5) is 17.3. The van der Waals surface area contributed by atoms with E-state index in [1.54, 1.807) is 31.4 Å². The molecule has 0 aliphatic carbocycles. The van der Waals surface area contributed by atoms with Crippen molar-refractivity contribution in [1.82, 2.24) is 15.5 Å². The Morgan fingerprint density at radius 2 is 1.76 bits per heavy atom. The highest BCUT2D eigenvalue weighted by Crippen LogP contribution is 2.29. The second-order valence-electron chi connectivity index (χ2n) is 7.48. The number of aromatic nitrogens is 2. The second-order valence-corrected chi connectivity index (χ2v) is 7.48. The molecule has 1 amide bonds. The molecule has 0 radical (unpaired) electrons. The number of methoxy groups -OCH3 is 1. The summed E-state index contributed by atoms with van der Waals surface area (Å²) in [5.41, 5.74) is 0.826. The van der Waals surface area contributed by atoms with Crippen molar-refractivity contribution in [3.63, 3.8) is 0 Å². The average Bonchev–Trinajstić information content (AvgIpc) is 3.34. The van der Waals surface area contributed by atoms with Gasteiger partial charge >= 0.3 is 6.18 Å². The lowest BCUT2D eigenvalue weighted by molar-refractivity contribution is -0.137. The number of carbonyl (C=O) groups excluding carboxylic acids is 1. The third kappa shape index (κ3) is 5.43. The SMILES string of the molecule is COc1cccc(-c2noc([C@H](Cc3ccccc3)NC(=O)c3ccc(C(F)(F)F)cc3)n2)c1. The zero-order valence-corrected chi connectivity index (χ0v) is 18.0. The maximum atomic E-state index is 12.8. The van der Waals surface area contributed by atoms with Crippen LogP contribution < -0.4 is 10.1 Å². The van der Waals surface area contributed by atoms with Gasteiger partial charge in [-0.2, -0.15) is 18.2 Å². The third-order valence-electron chi connectivity index (χ3n) is 5.13. The molecule has 0 bridgehead atoms. The highest BCUT2D eigenvalue weighted by atomic mass is 19.4. The standard InChI is InChI=1S/C25H20F3N3O3/c1-33-20-9-5-8-18(15-20)22-30-24(34-31-22)21(14-16-6-3-2-4-7-16)29-23(32)17-10-12-19(13-11-17)25(26,27)28/h2-13,15,21H,14H2,1H3,(H,29,32)/t21-/m0/s1. The number of nitrogens with zero attached hydrogens (tertiary/aromatic N) is 2. The molecule has 0 spiro atoms. The maximum Gasteiger partial charge on any atom is 0.416 e. The molecule has 9 heteroatoms. The third-order valence-corrected chi connectivity index (χ3v) is 5.13. The van der Waals surface area contributed by atoms with Gasteiger partial charge in [0.1, 0.15) is 11.8 Å². The number of ether oxygens (including phenoxy) is 1. The van der Waals surface area contributed by atoms with Crippen molar-refractivity contribution in [2.45, 2.75) is 18.6 Å². The van der Waals surface area contributed by atoms with Gasteiger partial charge in [0, 0.05) is 17.5 Å². The molecule has 0 saturated carbocycles. The Hall–Kier alpha value is -4.14. The molecule has 4 rings (SSSR count). The first-order valence-electron chi connectivity index (χ1n) is 10.3. The van der Waals surface area contributed by atoms with Gasteiger partial charge in [-0.15, -0.1) is 0 Å². The summed E-state index contributed by atoms with van der Waals surface area (Å²) in [6.45, 7) is 0. The number of rotatable bonds is 7. The fraction of sp³-hybridized carbons (Fsp3) is 0.160. The van der Waals surface area contributed by atoms with Crippen molar-refractivity contribution in [3.8, 4) is 17.1 Å². The molecule has 6 nitrogen and oxygen atoms in total. The van der Waals surface area contributed by atoms with Crippen LogP contribution in [0, 0.1) is 0 Å². The van der Waals surface area contributed by atoms with Crippen LogP contribution in [0.2, 0.25) is 0 Å². The number of benzene rings is 3. The Bertz CT molecular complexity index is 1260. The van der Waals surface area contributed by atoms with Crippen LogP contribution in [0.3, 0.4) is 0 Å². The summed E-state index contributed by atoms with van der Waals surface area (Å²) in [6, 6.07) is 19.8. The first-order chi connectivity index (χ1) is 16.3. The number of alkyl halides is 3. The molecule has 1 atom stereocenters. The van der Waals surface area contributed by atoms with E-state index >= 15 is 0 Å². The predicted molar refractivity (Wildman–Crippen MR) is 118 cm³/mol. The number of halogens is 3. The van der Waals surface area contributed by atoms with Crippen molar-refractivity contribution in [3.05, 3.63) is 101 Å². The van der Waals surface area contributed by atoms with Gasteiger partial charge in [-0.25, -0.2) is 0 Å². The van der Waals surface area contributed by atoms with E-state index in [2.05, 4.69) is 15.5 Å². The Labute approximate surface area is 193 Å². The van der Waals surface area contributed by atoms with Crippen LogP contribution in [0.15, 0.2) is 83.4 Å². The molecule has 174 valence electrons. The Kier molecular flexibility index (Phi) is 6.62. The summed E-state index contributed by atoms with van der Waals surface area (Å²) in [5, 5.41) is 6.83. The number of hydrogen-bond acceptors (Lipinski definition) is 5. The van der Waals surface area contributed by atoms with E-state index in [-0.39, 0.29) is 11.5 Å². The monoisotopic (exact) mass is 467 g/mol. The van der Waals surface area contributed by atoms with Gasteiger partial charge in [0.15, 0.2) is 0 Å². The van der Waals surface area contributed by atoms with Crippen molar-refractivity contribution < 1.29 is 27.2 Å². The average molecular weight is 467 g/mol. The summed E-state index contributed by atoms with van der Waals surface area (Å²) in [7, 11) is 1.55. The lowest BCUT2D eigenvalue weighted by atomic mass is 10.0. The summed E-state index contributed by atoms with van der Waals surface area (Å²) < 4.78 is 49.2. The van der Waals surface area contributed by atoms with E-state index in [0.29, 0.717) is 23.6 Å². The van der Waals surface area contributed by atoms with Crippen LogP contribution >= 0.6 is 0 Å². The topological polar surface area (TPSA) is 77.3 Å². The lowest BCUT2D eigenvalue weighted by Crippen LogP contribution is -2.30. The van der Waals surface area contributed by atoms with Gasteiger partial charge in [0.2, 0.25) is 11.7 Å². The first kappa shape index (κ1) is 23.0. The van der Waals surface area contributed by atoms with Gasteiger partial charge in [-0.1, -0.05) is 47.6 Å². The fourth-order valence-electron chi connectivity index (χ4n) is 3.36. The minimum Gasteiger partial charge on any atom is -0.497 e. The van der Waals surface area contributed by atoms with Gasteiger partial charge in [0.25, 0.3) is 5.91 Å². The van der Waals surface area contributed by atoms with Gasteiger partial charge in [0.05, 0.1) is 12.7 Å². The van der Waals surface area contributed by atoms with E-state index in [1.807, 2.05) is 30.3 Å². The van der Waals surface area contributed by atoms with Gasteiger partial charge < -0.3 is 14.6 Å². The van der Waals surface area contributed by atoms with E-state index in [0.717, 1.165) is 29.8 Å². The predicted octanol–water partition coefficient (Wildman–Crippen LogP) is 5.48. The Morgan fingerprint density at radius 1 is 1.03 bits per heavy atom. The number of carbonyl (C=O) groups is 1. The summed E-state index contributed by atoms with van der Waals surface area (Å²) in [6.07, 6.45) is -4.14. The Morgan fingerprint density at radius 3 is 2.44 bits per heavy atom. The summed E-state index contributed by atoms with van der Waals surface area (Å²) in [5.74, 6) is 0.550. The molecule has 1 aromatic heterocycles. The first-order valence-corrected chi connectivity index (χ1v) is 10.3. The minimum absolute atomic E-state index is 0.0820. The molecular weight excluding hydrogens is 447 g/mol. The van der Waals surface area contributed by atoms with Crippen LogP contribution in [0.4, 0.5) is 13.2 Å². The molecular formula is C25H20F3N3O3. The quantitative estimate of drug-likeness (QED) is 0.390. The van der Waals surface area contributed by atoms with E-state index < -0.39 is 23.7 Å². The van der Waals surface area contributed by atoms with E-state index in [1.165, 1.54) is 0 Å². The van der Waals surface area contributed by atoms with Crippen LogP contribution in [0.25, 0.3) is 11.4 Å². The zero-order valence-electron chi connectivity index (χ0n) is 18.0. The molecule has 0 saturated heterocycles. The van der Waals surface area contributed by atoms with E-state index in [4.69, 9.17) is 9.26 Å². The molecule has 4 aromatic rings. The largest absolute Gasteiger partial charge is 0.497 e.